The molecule has 0 unspecified atom stereocenters. The van der Waals surface area contributed by atoms with Gasteiger partial charge in [-0.2, -0.15) is 0 Å². The molecule has 3 heteroatoms. The van der Waals surface area contributed by atoms with Crippen LogP contribution in [-0.2, 0) is 0 Å². The number of rotatable bonds is 6. The molecule has 112 valence electrons. The number of unbranched alkanes of at least 4 members (excludes halogenated alkanes) is 1. The molecule has 0 bridgehead atoms. The fourth-order valence-electron chi connectivity index (χ4n) is 2.17. The predicted molar refractivity (Wildman–Crippen MR) is 87.8 cm³/mol. The van der Waals surface area contributed by atoms with Crippen molar-refractivity contribution in [3.05, 3.63) is 60.8 Å². The monoisotopic (exact) mass is 293 g/mol. The number of aromatic nitrogens is 1. The number of hydrogen-bond acceptors (Lipinski definition) is 3. The molecule has 0 fully saturated rings. The second-order valence-electron chi connectivity index (χ2n) is 5.12. The number of benzene rings is 2. The van der Waals surface area contributed by atoms with Crippen LogP contribution in [0.1, 0.15) is 19.8 Å². The molecular weight excluding hydrogens is 274 g/mol. The molecule has 3 rings (SSSR count). The highest BCUT2D eigenvalue weighted by atomic mass is 16.5. The Morgan fingerprint density at radius 3 is 2.45 bits per heavy atom. The molecule has 0 radical (unpaired) electrons. The fourth-order valence-corrected chi connectivity index (χ4v) is 2.17. The zero-order chi connectivity index (χ0) is 15.2. The average Bonchev–Trinajstić information content (AvgIpc) is 3.07. The minimum atomic E-state index is 0.638. The molecular formula is C19H19NO2. The summed E-state index contributed by atoms with van der Waals surface area (Å²) in [7, 11) is 0. The van der Waals surface area contributed by atoms with Gasteiger partial charge in [0.15, 0.2) is 5.76 Å². The van der Waals surface area contributed by atoms with Crippen molar-refractivity contribution in [2.45, 2.75) is 19.8 Å². The van der Waals surface area contributed by atoms with E-state index in [4.69, 9.17) is 9.15 Å². The molecule has 0 aliphatic heterocycles. The van der Waals surface area contributed by atoms with E-state index in [1.54, 1.807) is 6.20 Å². The fraction of sp³-hybridized carbons (Fsp3) is 0.211. The molecule has 3 aromatic rings. The van der Waals surface area contributed by atoms with Crippen molar-refractivity contribution in [3.63, 3.8) is 0 Å². The van der Waals surface area contributed by atoms with Crippen LogP contribution >= 0.6 is 0 Å². The zero-order valence-electron chi connectivity index (χ0n) is 12.7. The second kappa shape index (κ2) is 6.94. The molecule has 0 aliphatic rings. The lowest BCUT2D eigenvalue weighted by Gasteiger charge is -2.05. The van der Waals surface area contributed by atoms with Gasteiger partial charge in [-0.05, 0) is 42.8 Å². The number of hydrogen-bond donors (Lipinski definition) is 0. The molecule has 0 saturated heterocycles. The Morgan fingerprint density at radius 2 is 1.73 bits per heavy atom. The van der Waals surface area contributed by atoms with Gasteiger partial charge in [0.05, 0.1) is 12.8 Å². The molecule has 1 heterocycles. The summed E-state index contributed by atoms with van der Waals surface area (Å²) in [6, 6.07) is 17.8. The van der Waals surface area contributed by atoms with E-state index in [2.05, 4.69) is 11.9 Å². The highest BCUT2D eigenvalue weighted by Crippen LogP contribution is 2.27. The SMILES string of the molecule is CCCCOc1ccc(-c2cnc(-c3ccccc3)o2)cc1. The lowest BCUT2D eigenvalue weighted by atomic mass is 10.2. The molecule has 22 heavy (non-hydrogen) atoms. The largest absolute Gasteiger partial charge is 0.494 e. The van der Waals surface area contributed by atoms with Gasteiger partial charge in [0.1, 0.15) is 5.75 Å². The lowest BCUT2D eigenvalue weighted by molar-refractivity contribution is 0.309. The molecule has 3 nitrogen and oxygen atoms in total. The summed E-state index contributed by atoms with van der Waals surface area (Å²) < 4.78 is 11.5. The van der Waals surface area contributed by atoms with Crippen molar-refractivity contribution in [1.82, 2.24) is 4.98 Å². The third-order valence-electron chi connectivity index (χ3n) is 3.43. The summed E-state index contributed by atoms with van der Waals surface area (Å²) >= 11 is 0. The molecule has 0 spiro atoms. The van der Waals surface area contributed by atoms with Crippen molar-refractivity contribution in [3.8, 4) is 28.5 Å². The van der Waals surface area contributed by atoms with Crippen molar-refractivity contribution in [1.29, 1.82) is 0 Å². The zero-order valence-corrected chi connectivity index (χ0v) is 12.7. The number of ether oxygens (including phenoxy) is 1. The van der Waals surface area contributed by atoms with Gasteiger partial charge in [-0.3, -0.25) is 0 Å². The summed E-state index contributed by atoms with van der Waals surface area (Å²) in [5.74, 6) is 2.29. The Kier molecular flexibility index (Phi) is 4.54. The van der Waals surface area contributed by atoms with E-state index in [1.165, 1.54) is 0 Å². The van der Waals surface area contributed by atoms with Crippen LogP contribution in [0.2, 0.25) is 0 Å². The molecule has 1 aromatic heterocycles. The van der Waals surface area contributed by atoms with Crippen molar-refractivity contribution < 1.29 is 9.15 Å². The highest BCUT2D eigenvalue weighted by molar-refractivity contribution is 5.61. The molecule has 0 aliphatic carbocycles. The van der Waals surface area contributed by atoms with Gasteiger partial charge in [0.2, 0.25) is 5.89 Å². The maximum Gasteiger partial charge on any atom is 0.226 e. The average molecular weight is 293 g/mol. The molecule has 0 amide bonds. The van der Waals surface area contributed by atoms with Gasteiger partial charge < -0.3 is 9.15 Å². The van der Waals surface area contributed by atoms with E-state index in [1.807, 2.05) is 54.6 Å². The third kappa shape index (κ3) is 3.37. The van der Waals surface area contributed by atoms with Crippen LogP contribution in [0.3, 0.4) is 0 Å². The third-order valence-corrected chi connectivity index (χ3v) is 3.43. The van der Waals surface area contributed by atoms with E-state index in [0.717, 1.165) is 42.1 Å². The second-order valence-corrected chi connectivity index (χ2v) is 5.12. The Bertz CT molecular complexity index is 702. The van der Waals surface area contributed by atoms with Crippen molar-refractivity contribution in [2.75, 3.05) is 6.61 Å². The Morgan fingerprint density at radius 1 is 0.955 bits per heavy atom. The Labute approximate surface area is 130 Å². The van der Waals surface area contributed by atoms with Crippen LogP contribution in [0.15, 0.2) is 65.2 Å². The number of oxazole rings is 1. The number of nitrogens with zero attached hydrogens (tertiary/aromatic N) is 1. The van der Waals surface area contributed by atoms with Gasteiger partial charge >= 0.3 is 0 Å². The summed E-state index contributed by atoms with van der Waals surface area (Å²) in [6.07, 6.45) is 3.97. The van der Waals surface area contributed by atoms with Crippen LogP contribution in [-0.4, -0.2) is 11.6 Å². The van der Waals surface area contributed by atoms with Crippen LogP contribution in [0.25, 0.3) is 22.8 Å². The smallest absolute Gasteiger partial charge is 0.226 e. The molecule has 0 N–H and O–H groups in total. The van der Waals surface area contributed by atoms with Gasteiger partial charge in [-0.25, -0.2) is 4.98 Å². The van der Waals surface area contributed by atoms with Crippen molar-refractivity contribution in [2.24, 2.45) is 0 Å². The first kappa shape index (κ1) is 14.4. The molecule has 2 aromatic carbocycles. The Hall–Kier alpha value is -2.55. The summed E-state index contributed by atoms with van der Waals surface area (Å²) in [4.78, 5) is 4.35. The minimum absolute atomic E-state index is 0.638. The van der Waals surface area contributed by atoms with Gasteiger partial charge in [0, 0.05) is 11.1 Å². The Balaban J connectivity index is 1.73. The van der Waals surface area contributed by atoms with Gasteiger partial charge in [0.25, 0.3) is 0 Å². The maximum atomic E-state index is 5.84. The van der Waals surface area contributed by atoms with Gasteiger partial charge in [-0.15, -0.1) is 0 Å². The summed E-state index contributed by atoms with van der Waals surface area (Å²) in [5.41, 5.74) is 1.98. The molecule has 0 atom stereocenters. The molecule has 0 saturated carbocycles. The predicted octanol–water partition coefficient (Wildman–Crippen LogP) is 5.19. The summed E-state index contributed by atoms with van der Waals surface area (Å²) in [6.45, 7) is 2.91. The van der Waals surface area contributed by atoms with Crippen LogP contribution < -0.4 is 4.74 Å². The topological polar surface area (TPSA) is 35.3 Å². The quantitative estimate of drug-likeness (QED) is 0.587. The van der Waals surface area contributed by atoms with Crippen LogP contribution in [0.5, 0.6) is 5.75 Å². The van der Waals surface area contributed by atoms with E-state index >= 15 is 0 Å². The first-order valence-corrected chi connectivity index (χ1v) is 7.61. The highest BCUT2D eigenvalue weighted by Gasteiger charge is 2.08. The van der Waals surface area contributed by atoms with Crippen LogP contribution in [0, 0.1) is 0 Å². The first-order chi connectivity index (χ1) is 10.9. The van der Waals surface area contributed by atoms with E-state index < -0.39 is 0 Å². The minimum Gasteiger partial charge on any atom is -0.494 e. The van der Waals surface area contributed by atoms with Gasteiger partial charge in [-0.1, -0.05) is 31.5 Å². The van der Waals surface area contributed by atoms with Crippen molar-refractivity contribution >= 4 is 0 Å². The summed E-state index contributed by atoms with van der Waals surface area (Å²) in [5, 5.41) is 0. The first-order valence-electron chi connectivity index (χ1n) is 7.61. The normalized spacial score (nSPS) is 10.6. The maximum absolute atomic E-state index is 5.84. The standard InChI is InChI=1S/C19H19NO2/c1-2-3-13-21-17-11-9-15(10-12-17)18-14-20-19(22-18)16-7-5-4-6-8-16/h4-12,14H,2-3,13H2,1H3. The lowest BCUT2D eigenvalue weighted by Crippen LogP contribution is -1.95. The van der Waals surface area contributed by atoms with E-state index in [9.17, 15) is 0 Å². The van der Waals surface area contributed by atoms with E-state index in [-0.39, 0.29) is 0 Å². The van der Waals surface area contributed by atoms with E-state index in [0.29, 0.717) is 5.89 Å². The van der Waals surface area contributed by atoms with Crippen LogP contribution in [0.4, 0.5) is 0 Å².